The molecule has 1 saturated heterocycles. The molecule has 0 radical (unpaired) electrons. The fourth-order valence-corrected chi connectivity index (χ4v) is 7.32. The molecule has 1 aliphatic carbocycles. The molecular weight excluding hydrogens is 625 g/mol. The van der Waals surface area contributed by atoms with Crippen LogP contribution in [0.5, 0.6) is 11.8 Å². The second-order valence-corrected chi connectivity index (χ2v) is 13.5. The lowest BCUT2D eigenvalue weighted by Gasteiger charge is -2.29. The molecule has 2 aliphatic heterocycles. The maximum Gasteiger partial charge on any atom is 0.394 e. The molecule has 254 valence electrons. The molecule has 3 heterocycles. The van der Waals surface area contributed by atoms with Crippen molar-refractivity contribution in [1.82, 2.24) is 15.4 Å². The maximum atomic E-state index is 14.5. The maximum absolute atomic E-state index is 14.5. The molecule has 4 aromatic rings. The molecule has 3 aromatic carbocycles. The second-order valence-electron chi connectivity index (χ2n) is 13.5. The number of hydrogen-bond acceptors (Lipinski definition) is 7. The van der Waals surface area contributed by atoms with Gasteiger partial charge >= 0.3 is 6.08 Å². The van der Waals surface area contributed by atoms with E-state index in [2.05, 4.69) is 22.6 Å². The molecule has 2 fully saturated rings. The van der Waals surface area contributed by atoms with Crippen LogP contribution in [0, 0.1) is 23.1 Å². The van der Waals surface area contributed by atoms with E-state index in [9.17, 15) is 18.8 Å². The Kier molecular flexibility index (Phi) is 9.46. The number of hydroxylamine groups is 1. The third-order valence-electron chi connectivity index (χ3n) is 10.1. The van der Waals surface area contributed by atoms with E-state index in [0.29, 0.717) is 36.1 Å². The van der Waals surface area contributed by atoms with Gasteiger partial charge < -0.3 is 18.9 Å². The Balaban J connectivity index is 1.16. The number of amides is 2. The zero-order chi connectivity index (χ0) is 33.8. The molecule has 1 saturated carbocycles. The Morgan fingerprint density at radius 3 is 2.69 bits per heavy atom. The number of rotatable bonds is 7. The molecule has 10 heteroatoms. The zero-order valence-corrected chi connectivity index (χ0v) is 27.3. The average Bonchev–Trinajstić information content (AvgIpc) is 3.41. The molecule has 9 nitrogen and oxygen atoms in total. The number of Topliss-reactive ketones (excluding diaryl/α,β-unsaturated/α-hetero) is 1. The van der Waals surface area contributed by atoms with E-state index >= 15 is 0 Å². The van der Waals surface area contributed by atoms with Crippen molar-refractivity contribution in [3.05, 3.63) is 102 Å². The Bertz CT molecular complexity index is 1810. The summed E-state index contributed by atoms with van der Waals surface area (Å²) >= 11 is 0. The summed E-state index contributed by atoms with van der Waals surface area (Å²) in [5.74, 6) is -1.18. The van der Waals surface area contributed by atoms with Crippen LogP contribution in [0.1, 0.15) is 56.9 Å². The largest absolute Gasteiger partial charge is 0.445 e. The van der Waals surface area contributed by atoms with Gasteiger partial charge in [0.1, 0.15) is 17.4 Å². The Labute approximate surface area is 284 Å². The molecule has 5 atom stereocenters. The van der Waals surface area contributed by atoms with Gasteiger partial charge in [-0.3, -0.25) is 14.4 Å². The highest BCUT2D eigenvalue weighted by molar-refractivity contribution is 5.96. The molecule has 1 aromatic heterocycles. The third-order valence-corrected chi connectivity index (χ3v) is 10.1. The lowest BCUT2D eigenvalue weighted by Crippen LogP contribution is -2.46. The fourth-order valence-electron chi connectivity index (χ4n) is 7.32. The number of carbonyl (C=O) groups is 3. The summed E-state index contributed by atoms with van der Waals surface area (Å²) < 4.78 is 26.2. The zero-order valence-electron chi connectivity index (χ0n) is 27.3. The number of aromatic nitrogens is 1. The summed E-state index contributed by atoms with van der Waals surface area (Å²) in [6, 6.07) is 21.8. The highest BCUT2D eigenvalue weighted by Gasteiger charge is 2.61. The molecule has 7 rings (SSSR count). The number of ketones is 1. The van der Waals surface area contributed by atoms with Gasteiger partial charge in [-0.2, -0.15) is 10.5 Å². The van der Waals surface area contributed by atoms with Gasteiger partial charge in [0.2, 0.25) is 5.91 Å². The average molecular weight is 666 g/mol. The molecular formula is C39H40FN3O6. The number of halogens is 1. The first-order valence-corrected chi connectivity index (χ1v) is 17.2. The number of allylic oxidation sites excluding steroid dienone is 2. The number of carbonyl (C=O) groups excluding carboxylic acids is 3. The third kappa shape index (κ3) is 7.38. The summed E-state index contributed by atoms with van der Waals surface area (Å²) in [5, 5.41) is 0. The first-order valence-electron chi connectivity index (χ1n) is 17.2. The predicted molar refractivity (Wildman–Crippen MR) is 180 cm³/mol. The van der Waals surface area contributed by atoms with E-state index in [1.807, 2.05) is 42.5 Å². The van der Waals surface area contributed by atoms with Crippen molar-refractivity contribution in [3.63, 3.8) is 0 Å². The van der Waals surface area contributed by atoms with Gasteiger partial charge in [0.15, 0.2) is 17.1 Å². The monoisotopic (exact) mass is 665 g/mol. The van der Waals surface area contributed by atoms with E-state index in [1.54, 1.807) is 29.2 Å². The smallest absolute Gasteiger partial charge is 0.394 e. The highest BCUT2D eigenvalue weighted by Crippen LogP contribution is 2.57. The standard InChI is InChI=1S/C39H40FN3O6/c40-29-15-11-12-26(21-29)20-27-13-5-2-1-3-6-14-28-23-39(28,37(46)42-49-30-16-7-4-8-17-30)24-34(44)33-22-31(25-43(33)36(27)45)47-38-41-32-18-9-10-19-35(32)48-38/h4,6-12,14-19,21,27-28,31,33H,1-3,5,13,20,22-25H2,(H,42,46)/b14-6-/t27-,28-,31-,33+,39-/m1/s1. The molecule has 0 spiro atoms. The van der Waals surface area contributed by atoms with Gasteiger partial charge in [-0.1, -0.05) is 67.5 Å². The minimum absolute atomic E-state index is 0.0510. The summed E-state index contributed by atoms with van der Waals surface area (Å²) in [4.78, 5) is 54.2. The highest BCUT2D eigenvalue weighted by atomic mass is 19.1. The van der Waals surface area contributed by atoms with Gasteiger partial charge in [0.25, 0.3) is 5.91 Å². The summed E-state index contributed by atoms with van der Waals surface area (Å²) in [7, 11) is 0. The lowest BCUT2D eigenvalue weighted by atomic mass is 9.90. The van der Waals surface area contributed by atoms with Crippen LogP contribution in [0.4, 0.5) is 4.39 Å². The molecule has 1 N–H and O–H groups in total. The van der Waals surface area contributed by atoms with Crippen molar-refractivity contribution in [2.45, 2.75) is 69.9 Å². The second kappa shape index (κ2) is 14.2. The summed E-state index contributed by atoms with van der Waals surface area (Å²) in [6.45, 7) is 0.160. The summed E-state index contributed by atoms with van der Waals surface area (Å²) in [5.41, 5.74) is 3.56. The van der Waals surface area contributed by atoms with Gasteiger partial charge in [0, 0.05) is 18.8 Å². The van der Waals surface area contributed by atoms with Crippen LogP contribution in [0.3, 0.4) is 0 Å². The number of nitrogens with one attached hydrogen (secondary N) is 1. The van der Waals surface area contributed by atoms with Gasteiger partial charge in [-0.25, -0.2) is 4.39 Å². The minimum atomic E-state index is -0.989. The number of oxazole rings is 1. The van der Waals surface area contributed by atoms with Crippen molar-refractivity contribution in [3.8, 4) is 11.8 Å². The molecule has 49 heavy (non-hydrogen) atoms. The van der Waals surface area contributed by atoms with Crippen LogP contribution in [0.25, 0.3) is 11.1 Å². The normalized spacial score (nSPS) is 26.6. The number of ether oxygens (including phenoxy) is 1. The first-order chi connectivity index (χ1) is 23.9. The Morgan fingerprint density at radius 2 is 1.86 bits per heavy atom. The number of para-hydroxylation sites is 3. The van der Waals surface area contributed by atoms with E-state index < -0.39 is 23.5 Å². The lowest BCUT2D eigenvalue weighted by molar-refractivity contribution is -0.143. The van der Waals surface area contributed by atoms with E-state index in [1.165, 1.54) is 12.1 Å². The van der Waals surface area contributed by atoms with Gasteiger partial charge in [0.05, 0.1) is 18.0 Å². The Hall–Kier alpha value is -4.99. The van der Waals surface area contributed by atoms with Gasteiger partial charge in [-0.05, 0) is 80.0 Å². The van der Waals surface area contributed by atoms with E-state index in [0.717, 1.165) is 31.2 Å². The van der Waals surface area contributed by atoms with Crippen LogP contribution in [0.2, 0.25) is 0 Å². The van der Waals surface area contributed by atoms with Crippen molar-refractivity contribution >= 4 is 28.7 Å². The van der Waals surface area contributed by atoms with Crippen molar-refractivity contribution in [2.24, 2.45) is 17.3 Å². The predicted octanol–water partition coefficient (Wildman–Crippen LogP) is 6.77. The van der Waals surface area contributed by atoms with E-state index in [4.69, 9.17) is 14.0 Å². The van der Waals surface area contributed by atoms with Crippen molar-refractivity contribution in [2.75, 3.05) is 6.54 Å². The van der Waals surface area contributed by atoms with Crippen molar-refractivity contribution in [1.29, 1.82) is 0 Å². The number of benzene rings is 3. The molecule has 0 bridgehead atoms. The Morgan fingerprint density at radius 1 is 1.02 bits per heavy atom. The van der Waals surface area contributed by atoms with Crippen LogP contribution in [-0.4, -0.2) is 46.2 Å². The molecule has 0 unspecified atom stereocenters. The minimum Gasteiger partial charge on any atom is -0.445 e. The van der Waals surface area contributed by atoms with E-state index in [-0.39, 0.29) is 54.8 Å². The number of fused-ring (bicyclic) bond motifs is 3. The van der Waals surface area contributed by atoms with Crippen LogP contribution in [-0.2, 0) is 20.8 Å². The molecule has 3 aliphatic rings. The van der Waals surface area contributed by atoms with Crippen LogP contribution in [0.15, 0.2) is 95.4 Å². The number of nitrogens with zero attached hydrogens (tertiary/aromatic N) is 2. The topological polar surface area (TPSA) is 111 Å². The molecule has 2 amide bonds. The summed E-state index contributed by atoms with van der Waals surface area (Å²) in [6.07, 6.45) is 8.85. The fraction of sp³-hybridized carbons (Fsp3) is 0.385. The van der Waals surface area contributed by atoms with Crippen molar-refractivity contribution < 1.29 is 32.8 Å². The SMILES string of the molecule is O=C1C[C@]2(C(=O)NOc3ccccc3)C[C@H]2/C=C\CCCCC[C@H](Cc2cccc(F)c2)C(=O)N2C[C@H](Oc3nc4ccccc4o3)C[C@@H]12. The number of hydrogen-bond donors (Lipinski definition) is 1. The van der Waals surface area contributed by atoms with Gasteiger partial charge in [-0.15, -0.1) is 0 Å². The first kappa shape index (κ1) is 32.6. The van der Waals surface area contributed by atoms with Crippen LogP contribution >= 0.6 is 0 Å². The quantitative estimate of drug-likeness (QED) is 0.171. The van der Waals surface area contributed by atoms with Crippen LogP contribution < -0.4 is 15.1 Å².